The quantitative estimate of drug-likeness (QED) is 0.775. The summed E-state index contributed by atoms with van der Waals surface area (Å²) < 4.78 is 26.4. The Morgan fingerprint density at radius 2 is 1.85 bits per heavy atom. The van der Waals surface area contributed by atoms with Crippen molar-refractivity contribution in [3.05, 3.63) is 24.3 Å². The minimum atomic E-state index is -3.35. The van der Waals surface area contributed by atoms with Gasteiger partial charge in [-0.2, -0.15) is 0 Å². The Kier molecular flexibility index (Phi) is 5.43. The van der Waals surface area contributed by atoms with E-state index in [1.165, 1.54) is 25.7 Å². The maximum atomic E-state index is 11.9. The lowest BCUT2D eigenvalue weighted by atomic mass is 9.83. The molecule has 112 valence electrons. The lowest BCUT2D eigenvalue weighted by Crippen LogP contribution is -2.24. The highest BCUT2D eigenvalue weighted by atomic mass is 32.2. The monoisotopic (exact) mass is 296 g/mol. The lowest BCUT2D eigenvalue weighted by molar-refractivity contribution is 0.303. The second-order valence-corrected chi connectivity index (χ2v) is 7.20. The van der Waals surface area contributed by atoms with E-state index in [1.807, 2.05) is 19.1 Å². The molecule has 2 N–H and O–H groups in total. The Bertz CT molecular complexity index is 507. The predicted octanol–water partition coefficient (Wildman–Crippen LogP) is 2.98. The molecule has 1 aliphatic rings. The number of hydrogen-bond donors (Lipinski definition) is 2. The van der Waals surface area contributed by atoms with Crippen molar-refractivity contribution in [3.63, 3.8) is 0 Å². The number of benzene rings is 1. The topological polar surface area (TPSA) is 58.2 Å². The van der Waals surface area contributed by atoms with E-state index in [4.69, 9.17) is 0 Å². The van der Waals surface area contributed by atoms with Gasteiger partial charge >= 0.3 is 0 Å². The zero-order valence-electron chi connectivity index (χ0n) is 12.1. The van der Waals surface area contributed by atoms with Crippen LogP contribution < -0.4 is 10.0 Å². The van der Waals surface area contributed by atoms with Gasteiger partial charge in [-0.1, -0.05) is 26.2 Å². The third-order valence-corrected chi connectivity index (χ3v) is 5.29. The third-order valence-electron chi connectivity index (χ3n) is 3.81. The summed E-state index contributed by atoms with van der Waals surface area (Å²) in [6, 6.07) is 6.98. The molecule has 0 aliphatic heterocycles. The molecule has 20 heavy (non-hydrogen) atoms. The van der Waals surface area contributed by atoms with Crippen LogP contribution in [0.25, 0.3) is 0 Å². The first-order valence-electron chi connectivity index (χ1n) is 7.45. The molecule has 0 heterocycles. The summed E-state index contributed by atoms with van der Waals surface area (Å²) in [4.78, 5) is 0.329. The standard InChI is InChI=1S/C15H24N2O2S/c1-2-11-17-20(18,19)15-8-6-14(7-9-15)16-12-10-13-4-3-5-13/h6-9,13,16-17H,2-5,10-12H2,1H3. The molecule has 0 unspecified atom stereocenters. The third kappa shape index (κ3) is 4.21. The van der Waals surface area contributed by atoms with E-state index < -0.39 is 10.0 Å². The summed E-state index contributed by atoms with van der Waals surface area (Å²) in [6.45, 7) is 3.38. The Morgan fingerprint density at radius 3 is 2.40 bits per heavy atom. The van der Waals surface area contributed by atoms with Crippen LogP contribution in [0.4, 0.5) is 5.69 Å². The minimum Gasteiger partial charge on any atom is -0.385 e. The summed E-state index contributed by atoms with van der Waals surface area (Å²) in [7, 11) is -3.35. The van der Waals surface area contributed by atoms with E-state index in [1.54, 1.807) is 12.1 Å². The van der Waals surface area contributed by atoms with E-state index in [0.717, 1.165) is 24.6 Å². The van der Waals surface area contributed by atoms with Crippen LogP contribution in [-0.2, 0) is 10.0 Å². The highest BCUT2D eigenvalue weighted by Crippen LogP contribution is 2.29. The van der Waals surface area contributed by atoms with Gasteiger partial charge in [0.2, 0.25) is 10.0 Å². The van der Waals surface area contributed by atoms with E-state index in [0.29, 0.717) is 11.4 Å². The van der Waals surface area contributed by atoms with Gasteiger partial charge in [0.25, 0.3) is 0 Å². The maximum absolute atomic E-state index is 11.9. The Hall–Kier alpha value is -1.07. The molecule has 1 aromatic carbocycles. The molecular formula is C15H24N2O2S. The summed E-state index contributed by atoms with van der Waals surface area (Å²) >= 11 is 0. The van der Waals surface area contributed by atoms with Gasteiger partial charge in [-0.15, -0.1) is 0 Å². The molecule has 1 aliphatic carbocycles. The van der Waals surface area contributed by atoms with Crippen molar-refractivity contribution < 1.29 is 8.42 Å². The van der Waals surface area contributed by atoms with Crippen molar-refractivity contribution in [3.8, 4) is 0 Å². The summed E-state index contributed by atoms with van der Waals surface area (Å²) in [5.41, 5.74) is 0.985. The van der Waals surface area contributed by atoms with Gasteiger partial charge in [0.05, 0.1) is 4.90 Å². The van der Waals surface area contributed by atoms with Crippen molar-refractivity contribution >= 4 is 15.7 Å². The first kappa shape index (κ1) is 15.3. The highest BCUT2D eigenvalue weighted by molar-refractivity contribution is 7.89. The second-order valence-electron chi connectivity index (χ2n) is 5.43. The van der Waals surface area contributed by atoms with E-state index in [9.17, 15) is 8.42 Å². The van der Waals surface area contributed by atoms with E-state index >= 15 is 0 Å². The first-order valence-corrected chi connectivity index (χ1v) is 8.94. The molecule has 0 aromatic heterocycles. The molecule has 1 aromatic rings. The molecule has 1 saturated carbocycles. The van der Waals surface area contributed by atoms with Crippen LogP contribution in [0.15, 0.2) is 29.2 Å². The zero-order valence-corrected chi connectivity index (χ0v) is 12.9. The fourth-order valence-electron chi connectivity index (χ4n) is 2.27. The molecule has 4 nitrogen and oxygen atoms in total. The fourth-order valence-corrected chi connectivity index (χ4v) is 3.41. The van der Waals surface area contributed by atoms with Gasteiger partial charge in [-0.3, -0.25) is 0 Å². The predicted molar refractivity (Wildman–Crippen MR) is 82.4 cm³/mol. The van der Waals surface area contributed by atoms with Gasteiger partial charge in [-0.05, 0) is 43.0 Å². The first-order chi connectivity index (χ1) is 9.62. The average Bonchev–Trinajstić information content (AvgIpc) is 2.40. The van der Waals surface area contributed by atoms with Crippen LogP contribution in [0.1, 0.15) is 39.0 Å². The number of hydrogen-bond acceptors (Lipinski definition) is 3. The minimum absolute atomic E-state index is 0.329. The SMILES string of the molecule is CCCNS(=O)(=O)c1ccc(NCCC2CCC2)cc1. The molecule has 0 saturated heterocycles. The van der Waals surface area contributed by atoms with Crippen LogP contribution in [0.5, 0.6) is 0 Å². The van der Waals surface area contributed by atoms with Crippen molar-refractivity contribution in [2.45, 2.75) is 43.9 Å². The normalized spacial score (nSPS) is 15.8. The second kappa shape index (κ2) is 7.09. The number of sulfonamides is 1. The van der Waals surface area contributed by atoms with Crippen LogP contribution >= 0.6 is 0 Å². The Balaban J connectivity index is 1.85. The molecular weight excluding hydrogens is 272 g/mol. The van der Waals surface area contributed by atoms with Crippen LogP contribution in [-0.4, -0.2) is 21.5 Å². The van der Waals surface area contributed by atoms with Crippen LogP contribution in [0, 0.1) is 5.92 Å². The van der Waals surface area contributed by atoms with Gasteiger partial charge in [0, 0.05) is 18.8 Å². The van der Waals surface area contributed by atoms with Crippen molar-refractivity contribution in [1.82, 2.24) is 4.72 Å². The van der Waals surface area contributed by atoms with E-state index in [-0.39, 0.29) is 0 Å². The molecule has 0 spiro atoms. The van der Waals surface area contributed by atoms with Gasteiger partial charge in [-0.25, -0.2) is 13.1 Å². The van der Waals surface area contributed by atoms with Crippen LogP contribution in [0.3, 0.4) is 0 Å². The molecule has 0 amide bonds. The smallest absolute Gasteiger partial charge is 0.240 e. The molecule has 0 bridgehead atoms. The van der Waals surface area contributed by atoms with Gasteiger partial charge in [0.15, 0.2) is 0 Å². The van der Waals surface area contributed by atoms with Crippen molar-refractivity contribution in [1.29, 1.82) is 0 Å². The van der Waals surface area contributed by atoms with Gasteiger partial charge in [0.1, 0.15) is 0 Å². The molecule has 5 heteroatoms. The molecule has 0 radical (unpaired) electrons. The Labute approximate surface area is 122 Å². The fraction of sp³-hybridized carbons (Fsp3) is 0.600. The zero-order chi connectivity index (χ0) is 14.4. The number of nitrogens with one attached hydrogen (secondary N) is 2. The number of anilines is 1. The van der Waals surface area contributed by atoms with Gasteiger partial charge < -0.3 is 5.32 Å². The van der Waals surface area contributed by atoms with Crippen molar-refractivity contribution in [2.24, 2.45) is 5.92 Å². The largest absolute Gasteiger partial charge is 0.385 e. The van der Waals surface area contributed by atoms with Crippen LogP contribution in [0.2, 0.25) is 0 Å². The highest BCUT2D eigenvalue weighted by Gasteiger charge is 2.16. The molecule has 2 rings (SSSR count). The summed E-state index contributed by atoms with van der Waals surface area (Å²) in [5, 5.41) is 3.35. The average molecular weight is 296 g/mol. The number of rotatable bonds is 8. The molecule has 0 atom stereocenters. The lowest BCUT2D eigenvalue weighted by Gasteiger charge is -2.25. The summed E-state index contributed by atoms with van der Waals surface area (Å²) in [6.07, 6.45) is 6.10. The van der Waals surface area contributed by atoms with E-state index in [2.05, 4.69) is 10.0 Å². The summed E-state index contributed by atoms with van der Waals surface area (Å²) in [5.74, 6) is 0.889. The van der Waals surface area contributed by atoms with Crippen molar-refractivity contribution in [2.75, 3.05) is 18.4 Å². The molecule has 1 fully saturated rings. The maximum Gasteiger partial charge on any atom is 0.240 e. The Morgan fingerprint density at radius 1 is 1.15 bits per heavy atom.